The van der Waals surface area contributed by atoms with E-state index in [0.29, 0.717) is 25.4 Å². The first-order valence-electron chi connectivity index (χ1n) is 8.61. The number of fused-ring (bicyclic) bond motifs is 1. The number of furan rings is 1. The lowest BCUT2D eigenvalue weighted by atomic mass is 9.87. The van der Waals surface area contributed by atoms with Crippen LogP contribution in [0, 0.1) is 5.92 Å². The van der Waals surface area contributed by atoms with Crippen LogP contribution in [0.1, 0.15) is 43.3 Å². The molecule has 6 heteroatoms. The summed E-state index contributed by atoms with van der Waals surface area (Å²) in [5.41, 5.74) is 0.290. The van der Waals surface area contributed by atoms with Gasteiger partial charge in [0.05, 0.1) is 11.8 Å². The topological polar surface area (TPSA) is 63.0 Å². The summed E-state index contributed by atoms with van der Waals surface area (Å²) in [6.45, 7) is 9.47. The van der Waals surface area contributed by atoms with Gasteiger partial charge in [-0.05, 0) is 32.8 Å². The molecule has 6 nitrogen and oxygen atoms in total. The van der Waals surface area contributed by atoms with Crippen molar-refractivity contribution in [3.63, 3.8) is 0 Å². The predicted octanol–water partition coefficient (Wildman–Crippen LogP) is 2.58. The van der Waals surface area contributed by atoms with Gasteiger partial charge >= 0.3 is 6.09 Å². The number of Topliss-reactive ketones (excluding diaryl/α,β-unsaturated/α-hetero) is 1. The second-order valence-corrected chi connectivity index (χ2v) is 7.72. The van der Waals surface area contributed by atoms with E-state index in [0.717, 1.165) is 37.4 Å². The minimum atomic E-state index is -0.461. The molecule has 0 bridgehead atoms. The largest absolute Gasteiger partial charge is 0.469 e. The van der Waals surface area contributed by atoms with Crippen molar-refractivity contribution >= 4 is 11.9 Å². The summed E-state index contributed by atoms with van der Waals surface area (Å²) >= 11 is 0. The maximum atomic E-state index is 12.1. The van der Waals surface area contributed by atoms with Gasteiger partial charge in [0.15, 0.2) is 5.78 Å². The van der Waals surface area contributed by atoms with Crippen LogP contribution >= 0.6 is 0 Å². The van der Waals surface area contributed by atoms with Crippen LogP contribution in [0.15, 0.2) is 16.7 Å². The maximum Gasteiger partial charge on any atom is 0.410 e. The number of hydrogen-bond donors (Lipinski definition) is 0. The second-order valence-electron chi connectivity index (χ2n) is 7.72. The molecule has 1 aliphatic carbocycles. The Morgan fingerprint density at radius 3 is 2.62 bits per heavy atom. The molecule has 1 aromatic heterocycles. The number of ether oxygens (including phenoxy) is 1. The van der Waals surface area contributed by atoms with Crippen molar-refractivity contribution in [1.82, 2.24) is 9.80 Å². The van der Waals surface area contributed by atoms with Gasteiger partial charge in [-0.1, -0.05) is 0 Å². The molecule has 1 amide bonds. The smallest absolute Gasteiger partial charge is 0.410 e. The van der Waals surface area contributed by atoms with Crippen molar-refractivity contribution in [1.29, 1.82) is 0 Å². The average Bonchev–Trinajstić information content (AvgIpc) is 2.95. The Hall–Kier alpha value is -1.82. The number of carbonyl (C=O) groups excluding carboxylic acids is 2. The van der Waals surface area contributed by atoms with Crippen LogP contribution < -0.4 is 0 Å². The molecule has 1 saturated heterocycles. The van der Waals surface area contributed by atoms with Crippen LogP contribution in [0.3, 0.4) is 0 Å². The van der Waals surface area contributed by atoms with Crippen molar-refractivity contribution in [2.24, 2.45) is 5.92 Å². The zero-order chi connectivity index (χ0) is 17.3. The third kappa shape index (κ3) is 3.98. The number of piperazine rings is 1. The molecule has 132 valence electrons. The van der Waals surface area contributed by atoms with Gasteiger partial charge in [0, 0.05) is 45.6 Å². The Bertz CT molecular complexity index is 609. The standard InChI is InChI=1S/C18H26N2O4/c1-18(2,3)24-17(22)20-7-5-19(6-8-20)12-13-10-15(21)14-4-9-23-16(14)11-13/h4,9,13H,5-8,10-12H2,1-3H3. The van der Waals surface area contributed by atoms with E-state index in [1.807, 2.05) is 20.8 Å². The van der Waals surface area contributed by atoms with Crippen LogP contribution in [0.4, 0.5) is 4.79 Å². The van der Waals surface area contributed by atoms with Crippen molar-refractivity contribution < 1.29 is 18.7 Å². The number of amides is 1. The van der Waals surface area contributed by atoms with E-state index in [1.165, 1.54) is 0 Å². The molecule has 24 heavy (non-hydrogen) atoms. The van der Waals surface area contributed by atoms with Crippen LogP contribution in [0.5, 0.6) is 0 Å². The number of hydrogen-bond acceptors (Lipinski definition) is 5. The van der Waals surface area contributed by atoms with E-state index in [4.69, 9.17) is 9.15 Å². The highest BCUT2D eigenvalue weighted by Crippen LogP contribution is 2.27. The molecule has 3 rings (SSSR count). The minimum Gasteiger partial charge on any atom is -0.469 e. The van der Waals surface area contributed by atoms with E-state index in [9.17, 15) is 9.59 Å². The zero-order valence-electron chi connectivity index (χ0n) is 14.7. The van der Waals surface area contributed by atoms with Gasteiger partial charge in [-0.2, -0.15) is 0 Å². The van der Waals surface area contributed by atoms with Crippen molar-refractivity contribution in [2.75, 3.05) is 32.7 Å². The Morgan fingerprint density at radius 2 is 1.96 bits per heavy atom. The number of nitrogens with zero attached hydrogens (tertiary/aromatic N) is 2. The Balaban J connectivity index is 1.48. The molecule has 2 aliphatic rings. The maximum absolute atomic E-state index is 12.1. The molecule has 1 aliphatic heterocycles. The van der Waals surface area contributed by atoms with Gasteiger partial charge < -0.3 is 14.1 Å². The van der Waals surface area contributed by atoms with Crippen LogP contribution in [-0.4, -0.2) is 60.0 Å². The molecule has 1 unspecified atom stereocenters. The second kappa shape index (κ2) is 6.59. The lowest BCUT2D eigenvalue weighted by Crippen LogP contribution is -2.51. The molecule has 1 atom stereocenters. The fraction of sp³-hybridized carbons (Fsp3) is 0.667. The summed E-state index contributed by atoms with van der Waals surface area (Å²) in [5.74, 6) is 1.30. The lowest BCUT2D eigenvalue weighted by molar-refractivity contribution is 0.0132. The third-order valence-corrected chi connectivity index (χ3v) is 4.53. The van der Waals surface area contributed by atoms with E-state index in [-0.39, 0.29) is 11.9 Å². The molecule has 1 aromatic rings. The number of rotatable bonds is 2. The molecule has 0 spiro atoms. The normalized spacial score (nSPS) is 22.4. The summed E-state index contributed by atoms with van der Waals surface area (Å²) in [4.78, 5) is 28.3. The van der Waals surface area contributed by atoms with Gasteiger partial charge in [-0.15, -0.1) is 0 Å². The highest BCUT2D eigenvalue weighted by Gasteiger charge is 2.31. The SMILES string of the molecule is CC(C)(C)OC(=O)N1CCN(CC2CC(=O)c3ccoc3C2)CC1. The molecule has 1 fully saturated rings. The van der Waals surface area contributed by atoms with E-state index < -0.39 is 5.60 Å². The van der Waals surface area contributed by atoms with Crippen molar-refractivity contribution in [3.8, 4) is 0 Å². The van der Waals surface area contributed by atoms with E-state index >= 15 is 0 Å². The molecule has 0 N–H and O–H groups in total. The monoisotopic (exact) mass is 334 g/mol. The summed E-state index contributed by atoms with van der Waals surface area (Å²) in [7, 11) is 0. The molecule has 0 radical (unpaired) electrons. The summed E-state index contributed by atoms with van der Waals surface area (Å²) < 4.78 is 10.8. The fourth-order valence-electron chi connectivity index (χ4n) is 3.39. The van der Waals surface area contributed by atoms with E-state index in [1.54, 1.807) is 17.2 Å². The summed E-state index contributed by atoms with van der Waals surface area (Å²) in [6.07, 6.45) is 2.76. The van der Waals surface area contributed by atoms with E-state index in [2.05, 4.69) is 4.90 Å². The Morgan fingerprint density at radius 1 is 1.25 bits per heavy atom. The lowest BCUT2D eigenvalue weighted by Gasteiger charge is -2.37. The number of ketones is 1. The van der Waals surface area contributed by atoms with Crippen molar-refractivity contribution in [2.45, 2.75) is 39.2 Å². The number of carbonyl (C=O) groups is 2. The average molecular weight is 334 g/mol. The highest BCUT2D eigenvalue weighted by atomic mass is 16.6. The molecule has 0 aromatic carbocycles. The molecule has 0 saturated carbocycles. The Kier molecular flexibility index (Phi) is 4.67. The molecular formula is C18H26N2O4. The van der Waals surface area contributed by atoms with Crippen LogP contribution in [0.25, 0.3) is 0 Å². The zero-order valence-corrected chi connectivity index (χ0v) is 14.7. The third-order valence-electron chi connectivity index (χ3n) is 4.53. The minimum absolute atomic E-state index is 0.183. The first kappa shape index (κ1) is 17.0. The van der Waals surface area contributed by atoms with Gasteiger partial charge in [-0.25, -0.2) is 4.79 Å². The van der Waals surface area contributed by atoms with Gasteiger partial charge in [0.1, 0.15) is 11.4 Å². The predicted molar refractivity (Wildman–Crippen MR) is 89.1 cm³/mol. The summed E-state index contributed by atoms with van der Waals surface area (Å²) in [5, 5.41) is 0. The molecule has 2 heterocycles. The van der Waals surface area contributed by atoms with Crippen molar-refractivity contribution in [3.05, 3.63) is 23.7 Å². The van der Waals surface area contributed by atoms with Gasteiger partial charge in [0.2, 0.25) is 0 Å². The highest BCUT2D eigenvalue weighted by molar-refractivity contribution is 5.98. The fourth-order valence-corrected chi connectivity index (χ4v) is 3.39. The van der Waals surface area contributed by atoms with Gasteiger partial charge in [0.25, 0.3) is 0 Å². The quantitative estimate of drug-likeness (QED) is 0.832. The molecular weight excluding hydrogens is 308 g/mol. The van der Waals surface area contributed by atoms with Crippen LogP contribution in [0.2, 0.25) is 0 Å². The van der Waals surface area contributed by atoms with Gasteiger partial charge in [-0.3, -0.25) is 9.69 Å². The summed E-state index contributed by atoms with van der Waals surface area (Å²) in [6, 6.07) is 1.77. The van der Waals surface area contributed by atoms with Crippen LogP contribution in [-0.2, 0) is 11.2 Å². The first-order chi connectivity index (χ1) is 11.3. The Labute approximate surface area is 142 Å². The first-order valence-corrected chi connectivity index (χ1v) is 8.61.